The van der Waals surface area contributed by atoms with Gasteiger partial charge in [-0.15, -0.1) is 0 Å². The summed E-state index contributed by atoms with van der Waals surface area (Å²) in [5.74, 6) is -0.155. The van der Waals surface area contributed by atoms with Gasteiger partial charge in [-0.25, -0.2) is 13.9 Å². The minimum Gasteiger partial charge on any atom is -0.338 e. The summed E-state index contributed by atoms with van der Waals surface area (Å²) in [6, 6.07) is 12.5. The highest BCUT2D eigenvalue weighted by atomic mass is 19.1. The molecule has 4 heterocycles. The highest BCUT2D eigenvalue weighted by Gasteiger charge is 2.29. The van der Waals surface area contributed by atoms with Crippen molar-refractivity contribution in [2.24, 2.45) is 0 Å². The second-order valence-corrected chi connectivity index (χ2v) is 8.85. The molecule has 0 spiro atoms. The highest BCUT2D eigenvalue weighted by molar-refractivity contribution is 5.99. The number of piperidine rings is 1. The zero-order valence-corrected chi connectivity index (χ0v) is 19.0. The summed E-state index contributed by atoms with van der Waals surface area (Å²) in [4.78, 5) is 24.7. The van der Waals surface area contributed by atoms with Crippen molar-refractivity contribution in [1.29, 1.82) is 0 Å². The third-order valence-electron chi connectivity index (χ3n) is 6.29. The average Bonchev–Trinajstić information content (AvgIpc) is 3.23. The van der Waals surface area contributed by atoms with E-state index < -0.39 is 0 Å². The van der Waals surface area contributed by atoms with Gasteiger partial charge in [-0.05, 0) is 75.1 Å². The van der Waals surface area contributed by atoms with Crippen LogP contribution in [0.3, 0.4) is 0 Å². The van der Waals surface area contributed by atoms with E-state index in [1.54, 1.807) is 22.8 Å². The normalized spacial score (nSPS) is 16.4. The van der Waals surface area contributed by atoms with Gasteiger partial charge in [-0.1, -0.05) is 12.1 Å². The van der Waals surface area contributed by atoms with Gasteiger partial charge in [0.15, 0.2) is 5.65 Å². The van der Waals surface area contributed by atoms with E-state index in [9.17, 15) is 9.18 Å². The number of halogens is 1. The number of benzene rings is 1. The number of amides is 1. The Bertz CT molecular complexity index is 1350. The van der Waals surface area contributed by atoms with Crippen molar-refractivity contribution in [2.45, 2.75) is 39.5 Å². The summed E-state index contributed by atoms with van der Waals surface area (Å²) in [7, 11) is 0. The Morgan fingerprint density at radius 2 is 1.76 bits per heavy atom. The van der Waals surface area contributed by atoms with Crippen molar-refractivity contribution >= 4 is 11.6 Å². The van der Waals surface area contributed by atoms with Gasteiger partial charge in [0.25, 0.3) is 5.91 Å². The number of aryl methyl sites for hydroxylation is 3. The number of pyridine rings is 1. The van der Waals surface area contributed by atoms with Gasteiger partial charge in [0, 0.05) is 41.8 Å². The molecule has 0 unspecified atom stereocenters. The van der Waals surface area contributed by atoms with Crippen molar-refractivity contribution in [3.63, 3.8) is 0 Å². The third kappa shape index (κ3) is 4.11. The first-order valence-corrected chi connectivity index (χ1v) is 11.2. The van der Waals surface area contributed by atoms with Crippen molar-refractivity contribution in [1.82, 2.24) is 24.5 Å². The Kier molecular flexibility index (Phi) is 5.40. The molecule has 6 nitrogen and oxygen atoms in total. The summed E-state index contributed by atoms with van der Waals surface area (Å²) in [5.41, 5.74) is 6.80. The molecule has 0 radical (unpaired) electrons. The van der Waals surface area contributed by atoms with Crippen LogP contribution in [0.25, 0.3) is 16.8 Å². The fraction of sp³-hybridized carbons (Fsp3) is 0.308. The summed E-state index contributed by atoms with van der Waals surface area (Å²) in [6.07, 6.45) is 3.50. The Balaban J connectivity index is 1.43. The standard InChI is InChI=1S/C26H26FN5O/c1-16-11-18(3)32-25(30-16)23(14-28-32)26(33)31-10-4-5-20(15-31)24-13-21(12-17(2)29-24)19-6-8-22(27)9-7-19/h6-9,11-14,20H,4-5,10,15H2,1-3H3/t20-/m1/s1. The second-order valence-electron chi connectivity index (χ2n) is 8.85. The molecule has 33 heavy (non-hydrogen) atoms. The molecule has 1 saturated heterocycles. The first-order valence-electron chi connectivity index (χ1n) is 11.2. The maximum absolute atomic E-state index is 13.4. The summed E-state index contributed by atoms with van der Waals surface area (Å²) < 4.78 is 15.1. The van der Waals surface area contributed by atoms with Crippen molar-refractivity contribution in [3.05, 3.63) is 82.8 Å². The number of nitrogens with zero attached hydrogens (tertiary/aromatic N) is 5. The Labute approximate surface area is 192 Å². The molecule has 0 bridgehead atoms. The van der Waals surface area contributed by atoms with E-state index in [2.05, 4.69) is 16.1 Å². The van der Waals surface area contributed by atoms with Gasteiger partial charge in [0.05, 0.1) is 6.20 Å². The molecule has 3 aromatic heterocycles. The van der Waals surface area contributed by atoms with Crippen LogP contribution in [-0.4, -0.2) is 43.5 Å². The number of carbonyl (C=O) groups is 1. The van der Waals surface area contributed by atoms with Crippen LogP contribution in [0.2, 0.25) is 0 Å². The Hall–Kier alpha value is -3.61. The second kappa shape index (κ2) is 8.39. The molecule has 5 rings (SSSR count). The molecule has 1 atom stereocenters. The molecule has 1 amide bonds. The number of aromatic nitrogens is 4. The molecule has 1 fully saturated rings. The number of carbonyl (C=O) groups excluding carboxylic acids is 1. The molecule has 168 valence electrons. The zero-order chi connectivity index (χ0) is 23.1. The van der Waals surface area contributed by atoms with Crippen LogP contribution in [-0.2, 0) is 0 Å². The fourth-order valence-corrected chi connectivity index (χ4v) is 4.71. The number of likely N-dealkylation sites (tertiary alicyclic amines) is 1. The Morgan fingerprint density at radius 1 is 1.00 bits per heavy atom. The fourth-order valence-electron chi connectivity index (χ4n) is 4.71. The van der Waals surface area contributed by atoms with E-state index in [1.165, 1.54) is 12.1 Å². The minimum absolute atomic E-state index is 0.0430. The van der Waals surface area contributed by atoms with E-state index >= 15 is 0 Å². The minimum atomic E-state index is -0.251. The van der Waals surface area contributed by atoms with Crippen LogP contribution in [0.15, 0.2) is 48.7 Å². The molecule has 0 N–H and O–H groups in total. The summed E-state index contributed by atoms with van der Waals surface area (Å²) in [5, 5.41) is 4.38. The van der Waals surface area contributed by atoms with E-state index in [0.29, 0.717) is 24.3 Å². The van der Waals surface area contributed by atoms with Crippen LogP contribution in [0.4, 0.5) is 4.39 Å². The van der Waals surface area contributed by atoms with Gasteiger partial charge in [0.1, 0.15) is 11.4 Å². The summed E-state index contributed by atoms with van der Waals surface area (Å²) >= 11 is 0. The maximum Gasteiger partial charge on any atom is 0.259 e. The number of hydrogen-bond donors (Lipinski definition) is 0. The molecule has 1 aliphatic heterocycles. The smallest absolute Gasteiger partial charge is 0.259 e. The van der Waals surface area contributed by atoms with Crippen LogP contribution < -0.4 is 0 Å². The lowest BCUT2D eigenvalue weighted by atomic mass is 9.92. The first kappa shape index (κ1) is 21.2. The van der Waals surface area contributed by atoms with E-state index in [1.807, 2.05) is 37.8 Å². The zero-order valence-electron chi connectivity index (χ0n) is 19.0. The number of fused-ring (bicyclic) bond motifs is 1. The van der Waals surface area contributed by atoms with E-state index in [-0.39, 0.29) is 17.6 Å². The predicted octanol–water partition coefficient (Wildman–Crippen LogP) is 4.88. The van der Waals surface area contributed by atoms with Crippen molar-refractivity contribution in [2.75, 3.05) is 13.1 Å². The largest absolute Gasteiger partial charge is 0.338 e. The first-order chi connectivity index (χ1) is 15.9. The van der Waals surface area contributed by atoms with Crippen LogP contribution in [0.5, 0.6) is 0 Å². The van der Waals surface area contributed by atoms with Crippen molar-refractivity contribution < 1.29 is 9.18 Å². The van der Waals surface area contributed by atoms with Gasteiger partial charge >= 0.3 is 0 Å². The number of hydrogen-bond acceptors (Lipinski definition) is 4. The molecular formula is C26H26FN5O. The van der Waals surface area contributed by atoms with E-state index in [4.69, 9.17) is 4.98 Å². The molecular weight excluding hydrogens is 417 g/mol. The average molecular weight is 444 g/mol. The summed E-state index contributed by atoms with van der Waals surface area (Å²) in [6.45, 7) is 7.15. The van der Waals surface area contributed by atoms with E-state index in [0.717, 1.165) is 46.7 Å². The monoisotopic (exact) mass is 443 g/mol. The number of rotatable bonds is 3. The van der Waals surface area contributed by atoms with Gasteiger partial charge in [-0.2, -0.15) is 5.10 Å². The Morgan fingerprint density at radius 3 is 2.55 bits per heavy atom. The predicted molar refractivity (Wildman–Crippen MR) is 125 cm³/mol. The lowest BCUT2D eigenvalue weighted by molar-refractivity contribution is 0.0707. The molecule has 0 aliphatic carbocycles. The highest BCUT2D eigenvalue weighted by Crippen LogP contribution is 2.30. The topological polar surface area (TPSA) is 63.4 Å². The van der Waals surface area contributed by atoms with Gasteiger partial charge in [-0.3, -0.25) is 9.78 Å². The molecule has 1 aromatic carbocycles. The van der Waals surface area contributed by atoms with Gasteiger partial charge < -0.3 is 4.90 Å². The van der Waals surface area contributed by atoms with Crippen LogP contribution in [0, 0.1) is 26.6 Å². The molecule has 4 aromatic rings. The van der Waals surface area contributed by atoms with Gasteiger partial charge in [0.2, 0.25) is 0 Å². The van der Waals surface area contributed by atoms with Crippen LogP contribution in [0.1, 0.15) is 51.9 Å². The SMILES string of the molecule is Cc1cc(-c2ccc(F)cc2)cc([C@@H]2CCCN(C(=O)c3cnn4c(C)cc(C)nc34)C2)n1. The molecule has 0 saturated carbocycles. The maximum atomic E-state index is 13.4. The lowest BCUT2D eigenvalue weighted by Gasteiger charge is -2.32. The lowest BCUT2D eigenvalue weighted by Crippen LogP contribution is -2.39. The third-order valence-corrected chi connectivity index (χ3v) is 6.29. The quantitative estimate of drug-likeness (QED) is 0.453. The molecule has 1 aliphatic rings. The molecule has 7 heteroatoms. The van der Waals surface area contributed by atoms with Crippen LogP contribution >= 0.6 is 0 Å². The van der Waals surface area contributed by atoms with Crippen molar-refractivity contribution in [3.8, 4) is 11.1 Å².